The van der Waals surface area contributed by atoms with Gasteiger partial charge in [0.25, 0.3) is 0 Å². The number of nitrogens with zero attached hydrogens (tertiary/aromatic N) is 3. The first-order valence-corrected chi connectivity index (χ1v) is 7.28. The summed E-state index contributed by atoms with van der Waals surface area (Å²) in [6.07, 6.45) is 1.98. The number of aryl methyl sites for hydroxylation is 1. The zero-order valence-corrected chi connectivity index (χ0v) is 12.8. The molecule has 0 amide bonds. The third-order valence-electron chi connectivity index (χ3n) is 3.23. The number of aromatic nitrogens is 3. The second-order valence-electron chi connectivity index (χ2n) is 4.73. The predicted octanol–water partition coefficient (Wildman–Crippen LogP) is 3.09. The van der Waals surface area contributed by atoms with E-state index in [0.717, 1.165) is 22.5 Å². The van der Waals surface area contributed by atoms with Gasteiger partial charge in [-0.15, -0.1) is 10.2 Å². The summed E-state index contributed by atoms with van der Waals surface area (Å²) in [4.78, 5) is 0. The molecule has 0 aliphatic carbocycles. The molecule has 1 N–H and O–H groups in total. The van der Waals surface area contributed by atoms with E-state index in [9.17, 15) is 0 Å². The fourth-order valence-corrected chi connectivity index (χ4v) is 2.50. The minimum atomic E-state index is 0.691. The second-order valence-corrected chi connectivity index (χ2v) is 5.59. The SMILES string of the molecule is Cc1ccc(CNCc2nnc3ccccn23)cc1Br. The van der Waals surface area contributed by atoms with E-state index in [1.807, 2.05) is 28.8 Å². The number of fused-ring (bicyclic) bond motifs is 1. The first kappa shape index (κ1) is 13.3. The molecule has 0 saturated carbocycles. The minimum absolute atomic E-state index is 0.691. The number of benzene rings is 1. The zero-order chi connectivity index (χ0) is 13.9. The normalized spacial score (nSPS) is 11.1. The molecular formula is C15H15BrN4. The summed E-state index contributed by atoms with van der Waals surface area (Å²) in [5.41, 5.74) is 3.37. The van der Waals surface area contributed by atoms with Crippen LogP contribution in [-0.2, 0) is 13.1 Å². The summed E-state index contributed by atoms with van der Waals surface area (Å²) in [5.74, 6) is 0.923. The minimum Gasteiger partial charge on any atom is -0.306 e. The molecule has 0 spiro atoms. The van der Waals surface area contributed by atoms with E-state index >= 15 is 0 Å². The van der Waals surface area contributed by atoms with Crippen molar-refractivity contribution in [2.24, 2.45) is 0 Å². The zero-order valence-electron chi connectivity index (χ0n) is 11.2. The third kappa shape index (κ3) is 2.73. The van der Waals surface area contributed by atoms with Crippen LogP contribution in [0.2, 0.25) is 0 Å². The summed E-state index contributed by atoms with van der Waals surface area (Å²) < 4.78 is 3.14. The average Bonchev–Trinajstić information content (AvgIpc) is 2.86. The van der Waals surface area contributed by atoms with Crippen LogP contribution in [0.15, 0.2) is 47.1 Å². The highest BCUT2D eigenvalue weighted by molar-refractivity contribution is 9.10. The lowest BCUT2D eigenvalue weighted by molar-refractivity contribution is 0.656. The lowest BCUT2D eigenvalue weighted by atomic mass is 10.1. The molecule has 20 heavy (non-hydrogen) atoms. The first-order valence-electron chi connectivity index (χ1n) is 6.48. The maximum atomic E-state index is 4.20. The van der Waals surface area contributed by atoms with Crippen molar-refractivity contribution >= 4 is 21.6 Å². The summed E-state index contributed by atoms with van der Waals surface area (Å²) >= 11 is 3.55. The number of rotatable bonds is 4. The van der Waals surface area contributed by atoms with E-state index in [1.54, 1.807) is 0 Å². The third-order valence-corrected chi connectivity index (χ3v) is 4.09. The van der Waals surface area contributed by atoms with Gasteiger partial charge in [0.2, 0.25) is 0 Å². The fraction of sp³-hybridized carbons (Fsp3) is 0.200. The molecule has 3 rings (SSSR count). The van der Waals surface area contributed by atoms with Crippen LogP contribution in [0.3, 0.4) is 0 Å². The van der Waals surface area contributed by atoms with Gasteiger partial charge in [0.1, 0.15) is 0 Å². The number of hydrogen-bond acceptors (Lipinski definition) is 3. The Morgan fingerprint density at radius 2 is 2.05 bits per heavy atom. The summed E-state index contributed by atoms with van der Waals surface area (Å²) in [7, 11) is 0. The van der Waals surface area contributed by atoms with Crippen LogP contribution in [-0.4, -0.2) is 14.6 Å². The van der Waals surface area contributed by atoms with Crippen molar-refractivity contribution in [2.75, 3.05) is 0 Å². The van der Waals surface area contributed by atoms with Crippen molar-refractivity contribution in [3.63, 3.8) is 0 Å². The van der Waals surface area contributed by atoms with Crippen LogP contribution in [0.4, 0.5) is 0 Å². The van der Waals surface area contributed by atoms with Crippen LogP contribution >= 0.6 is 15.9 Å². The molecular weight excluding hydrogens is 316 g/mol. The van der Waals surface area contributed by atoms with Gasteiger partial charge in [0.05, 0.1) is 6.54 Å². The van der Waals surface area contributed by atoms with Gasteiger partial charge in [-0.3, -0.25) is 4.40 Å². The van der Waals surface area contributed by atoms with Crippen molar-refractivity contribution < 1.29 is 0 Å². The van der Waals surface area contributed by atoms with Gasteiger partial charge in [-0.05, 0) is 36.2 Å². The van der Waals surface area contributed by atoms with Crippen molar-refractivity contribution in [3.05, 3.63) is 64.0 Å². The Morgan fingerprint density at radius 3 is 2.90 bits per heavy atom. The number of hydrogen-bond donors (Lipinski definition) is 1. The highest BCUT2D eigenvalue weighted by Crippen LogP contribution is 2.17. The van der Waals surface area contributed by atoms with Gasteiger partial charge >= 0.3 is 0 Å². The molecule has 102 valence electrons. The molecule has 0 unspecified atom stereocenters. The van der Waals surface area contributed by atoms with Crippen LogP contribution in [0, 0.1) is 6.92 Å². The molecule has 2 aromatic heterocycles. The van der Waals surface area contributed by atoms with E-state index in [0.29, 0.717) is 6.54 Å². The lowest BCUT2D eigenvalue weighted by Gasteiger charge is -2.06. The Kier molecular flexibility index (Phi) is 3.80. The largest absolute Gasteiger partial charge is 0.306 e. The predicted molar refractivity (Wildman–Crippen MR) is 82.4 cm³/mol. The molecule has 1 aromatic carbocycles. The van der Waals surface area contributed by atoms with Gasteiger partial charge in [0, 0.05) is 17.2 Å². The lowest BCUT2D eigenvalue weighted by Crippen LogP contribution is -2.15. The van der Waals surface area contributed by atoms with E-state index in [-0.39, 0.29) is 0 Å². The second kappa shape index (κ2) is 5.73. The number of halogens is 1. The highest BCUT2D eigenvalue weighted by atomic mass is 79.9. The topological polar surface area (TPSA) is 42.2 Å². The maximum absolute atomic E-state index is 4.20. The molecule has 0 fully saturated rings. The Labute approximate surface area is 126 Å². The van der Waals surface area contributed by atoms with Crippen LogP contribution in [0.5, 0.6) is 0 Å². The molecule has 0 aliphatic rings. The first-order chi connectivity index (χ1) is 9.74. The van der Waals surface area contributed by atoms with Crippen molar-refractivity contribution in [2.45, 2.75) is 20.0 Å². The fourth-order valence-electron chi connectivity index (χ4n) is 2.08. The van der Waals surface area contributed by atoms with E-state index in [2.05, 4.69) is 56.6 Å². The number of nitrogens with one attached hydrogen (secondary N) is 1. The van der Waals surface area contributed by atoms with Gasteiger partial charge in [0.15, 0.2) is 11.5 Å². The molecule has 0 saturated heterocycles. The molecule has 4 nitrogen and oxygen atoms in total. The van der Waals surface area contributed by atoms with E-state index < -0.39 is 0 Å². The average molecular weight is 331 g/mol. The van der Waals surface area contributed by atoms with Crippen LogP contribution in [0.1, 0.15) is 17.0 Å². The van der Waals surface area contributed by atoms with E-state index in [4.69, 9.17) is 0 Å². The van der Waals surface area contributed by atoms with Crippen molar-refractivity contribution in [1.29, 1.82) is 0 Å². The Hall–Kier alpha value is -1.72. The van der Waals surface area contributed by atoms with Gasteiger partial charge in [-0.25, -0.2) is 0 Å². The Bertz CT molecular complexity index is 736. The smallest absolute Gasteiger partial charge is 0.160 e. The standard InChI is InChI=1S/C15H15BrN4/c1-11-5-6-12(8-13(11)16)9-17-10-15-19-18-14-4-2-3-7-20(14)15/h2-8,17H,9-10H2,1H3. The van der Waals surface area contributed by atoms with Gasteiger partial charge in [-0.1, -0.05) is 34.1 Å². The van der Waals surface area contributed by atoms with Gasteiger partial charge < -0.3 is 5.32 Å². The quantitative estimate of drug-likeness (QED) is 0.799. The monoisotopic (exact) mass is 330 g/mol. The van der Waals surface area contributed by atoms with Crippen LogP contribution in [0.25, 0.3) is 5.65 Å². The molecule has 0 aliphatic heterocycles. The van der Waals surface area contributed by atoms with Crippen LogP contribution < -0.4 is 5.32 Å². The Balaban J connectivity index is 1.66. The molecule has 0 atom stereocenters. The van der Waals surface area contributed by atoms with Crippen molar-refractivity contribution in [1.82, 2.24) is 19.9 Å². The molecule has 0 bridgehead atoms. The molecule has 2 heterocycles. The summed E-state index contributed by atoms with van der Waals surface area (Å²) in [5, 5.41) is 11.7. The molecule has 3 aromatic rings. The Morgan fingerprint density at radius 1 is 1.15 bits per heavy atom. The summed E-state index contributed by atoms with van der Waals surface area (Å²) in [6.45, 7) is 3.58. The highest BCUT2D eigenvalue weighted by Gasteiger charge is 2.04. The maximum Gasteiger partial charge on any atom is 0.160 e. The van der Waals surface area contributed by atoms with Gasteiger partial charge in [-0.2, -0.15) is 0 Å². The van der Waals surface area contributed by atoms with Crippen molar-refractivity contribution in [3.8, 4) is 0 Å². The summed E-state index contributed by atoms with van der Waals surface area (Å²) in [6, 6.07) is 12.3. The molecule has 0 radical (unpaired) electrons. The van der Waals surface area contributed by atoms with E-state index in [1.165, 1.54) is 11.1 Å². The molecule has 5 heteroatoms. The number of pyridine rings is 1.